The van der Waals surface area contributed by atoms with Crippen LogP contribution in [-0.2, 0) is 0 Å². The fraction of sp³-hybridized carbons (Fsp3) is 0. The van der Waals surface area contributed by atoms with Crippen LogP contribution in [0.5, 0.6) is 0 Å². The van der Waals surface area contributed by atoms with Crippen molar-refractivity contribution in [3.8, 4) is 0 Å². The van der Waals surface area contributed by atoms with Gasteiger partial charge in [0.1, 0.15) is 11.6 Å². The quantitative estimate of drug-likeness (QED) is 0.672. The first-order chi connectivity index (χ1) is 10.5. The second-order valence-electron chi connectivity index (χ2n) is 4.22. The second kappa shape index (κ2) is 6.57. The molecule has 2 N–H and O–H groups in total. The Balaban J connectivity index is 2.07. The summed E-state index contributed by atoms with van der Waals surface area (Å²) in [5.41, 5.74) is 1.70. The number of rotatable bonds is 4. The normalized spacial score (nSPS) is 10.6. The van der Waals surface area contributed by atoms with E-state index in [1.54, 1.807) is 0 Å². The summed E-state index contributed by atoms with van der Waals surface area (Å²) in [6.45, 7) is 0. The van der Waals surface area contributed by atoms with E-state index in [1.807, 2.05) is 0 Å². The van der Waals surface area contributed by atoms with Gasteiger partial charge in [-0.1, -0.05) is 18.2 Å². The highest BCUT2D eigenvalue weighted by Crippen LogP contribution is 2.09. The van der Waals surface area contributed by atoms with Gasteiger partial charge in [0.15, 0.2) is 0 Å². The Labute approximate surface area is 123 Å². The van der Waals surface area contributed by atoms with E-state index in [-0.39, 0.29) is 11.1 Å². The molecule has 0 bridgehead atoms. The van der Waals surface area contributed by atoms with E-state index in [0.717, 1.165) is 24.4 Å². The Morgan fingerprint density at radius 2 is 1.77 bits per heavy atom. The van der Waals surface area contributed by atoms with Crippen LogP contribution in [0.3, 0.4) is 0 Å². The van der Waals surface area contributed by atoms with Crippen molar-refractivity contribution in [2.45, 2.75) is 0 Å². The third-order valence-electron chi connectivity index (χ3n) is 2.72. The van der Waals surface area contributed by atoms with E-state index in [2.05, 4.69) is 10.5 Å². The predicted molar refractivity (Wildman–Crippen MR) is 74.8 cm³/mol. The van der Waals surface area contributed by atoms with Gasteiger partial charge in [-0.2, -0.15) is 5.10 Å². The summed E-state index contributed by atoms with van der Waals surface area (Å²) in [7, 11) is 0. The van der Waals surface area contributed by atoms with Gasteiger partial charge >= 0.3 is 5.97 Å². The fourth-order valence-electron chi connectivity index (χ4n) is 1.66. The Morgan fingerprint density at radius 3 is 2.41 bits per heavy atom. The molecule has 1 amide bonds. The third-order valence-corrected chi connectivity index (χ3v) is 2.72. The lowest BCUT2D eigenvalue weighted by atomic mass is 10.1. The van der Waals surface area contributed by atoms with Gasteiger partial charge in [0.25, 0.3) is 5.91 Å². The van der Waals surface area contributed by atoms with Crippen molar-refractivity contribution < 1.29 is 23.5 Å². The van der Waals surface area contributed by atoms with Crippen LogP contribution >= 0.6 is 0 Å². The molecule has 0 spiro atoms. The molecule has 112 valence electrons. The van der Waals surface area contributed by atoms with Gasteiger partial charge in [-0.15, -0.1) is 0 Å². The molecule has 2 rings (SSSR count). The van der Waals surface area contributed by atoms with Crippen molar-refractivity contribution in [3.63, 3.8) is 0 Å². The molecule has 0 fully saturated rings. The third kappa shape index (κ3) is 3.51. The topological polar surface area (TPSA) is 78.8 Å². The number of amides is 1. The Kier molecular flexibility index (Phi) is 4.57. The maximum atomic E-state index is 13.4. The van der Waals surface area contributed by atoms with Crippen molar-refractivity contribution in [2.75, 3.05) is 0 Å². The molecule has 0 unspecified atom stereocenters. The van der Waals surface area contributed by atoms with Crippen molar-refractivity contribution in [1.82, 2.24) is 5.43 Å². The summed E-state index contributed by atoms with van der Waals surface area (Å²) in [6.07, 6.45) is 1.12. The highest BCUT2D eigenvalue weighted by molar-refractivity contribution is 5.95. The highest BCUT2D eigenvalue weighted by atomic mass is 19.1. The number of aromatic carboxylic acids is 1. The fourth-order valence-corrected chi connectivity index (χ4v) is 1.66. The monoisotopic (exact) mass is 304 g/mol. The molecule has 2 aromatic carbocycles. The van der Waals surface area contributed by atoms with Crippen molar-refractivity contribution in [2.24, 2.45) is 5.10 Å². The number of carboxylic acid groups (broad SMARTS) is 1. The molecule has 5 nitrogen and oxygen atoms in total. The van der Waals surface area contributed by atoms with Crippen LogP contribution in [0.25, 0.3) is 0 Å². The largest absolute Gasteiger partial charge is 0.478 e. The molecular formula is C15H10F2N2O3. The van der Waals surface area contributed by atoms with Crippen LogP contribution in [-0.4, -0.2) is 23.2 Å². The van der Waals surface area contributed by atoms with Crippen molar-refractivity contribution in [3.05, 3.63) is 70.8 Å². The van der Waals surface area contributed by atoms with E-state index in [0.29, 0.717) is 0 Å². The van der Waals surface area contributed by atoms with Gasteiger partial charge in [-0.05, 0) is 29.8 Å². The van der Waals surface area contributed by atoms with Crippen LogP contribution in [0.1, 0.15) is 26.3 Å². The van der Waals surface area contributed by atoms with Gasteiger partial charge in [-0.25, -0.2) is 19.0 Å². The number of carbonyl (C=O) groups is 2. The number of hydrogen-bond donors (Lipinski definition) is 2. The molecule has 0 saturated heterocycles. The average molecular weight is 304 g/mol. The molecule has 0 heterocycles. The van der Waals surface area contributed by atoms with Crippen LogP contribution < -0.4 is 5.43 Å². The number of carboxylic acids is 1. The van der Waals surface area contributed by atoms with E-state index in [4.69, 9.17) is 5.11 Å². The zero-order valence-electron chi connectivity index (χ0n) is 11.1. The maximum absolute atomic E-state index is 13.4. The SMILES string of the molecule is O=C(O)c1ccc(C=NNC(=O)c2ccccc2F)cc1F. The second-order valence-corrected chi connectivity index (χ2v) is 4.22. The van der Waals surface area contributed by atoms with E-state index in [9.17, 15) is 18.4 Å². The van der Waals surface area contributed by atoms with Crippen LogP contribution in [0.4, 0.5) is 8.78 Å². The van der Waals surface area contributed by atoms with Crippen LogP contribution in [0.2, 0.25) is 0 Å². The number of halogens is 2. The Morgan fingerprint density at radius 1 is 1.05 bits per heavy atom. The number of benzene rings is 2. The molecule has 0 aliphatic heterocycles. The minimum Gasteiger partial charge on any atom is -0.478 e. The lowest BCUT2D eigenvalue weighted by Gasteiger charge is -2.01. The zero-order valence-corrected chi connectivity index (χ0v) is 11.1. The van der Waals surface area contributed by atoms with Crippen molar-refractivity contribution in [1.29, 1.82) is 0 Å². The smallest absolute Gasteiger partial charge is 0.338 e. The Hall–Kier alpha value is -3.09. The van der Waals surface area contributed by atoms with E-state index in [1.165, 1.54) is 24.3 Å². The molecular weight excluding hydrogens is 294 g/mol. The van der Waals surface area contributed by atoms with E-state index >= 15 is 0 Å². The molecule has 0 radical (unpaired) electrons. The molecule has 22 heavy (non-hydrogen) atoms. The number of carbonyl (C=O) groups excluding carboxylic acids is 1. The first-order valence-electron chi connectivity index (χ1n) is 6.10. The number of nitrogens with one attached hydrogen (secondary N) is 1. The van der Waals surface area contributed by atoms with Crippen LogP contribution in [0, 0.1) is 11.6 Å². The molecule has 0 aliphatic rings. The van der Waals surface area contributed by atoms with Gasteiger partial charge < -0.3 is 5.11 Å². The minimum absolute atomic E-state index is 0.174. The highest BCUT2D eigenvalue weighted by Gasteiger charge is 2.10. The number of hydrogen-bond acceptors (Lipinski definition) is 3. The summed E-state index contributed by atoms with van der Waals surface area (Å²) in [6, 6.07) is 8.75. The lowest BCUT2D eigenvalue weighted by Crippen LogP contribution is -2.18. The molecule has 0 aromatic heterocycles. The molecule has 0 atom stereocenters. The summed E-state index contributed by atoms with van der Waals surface area (Å²) in [5, 5.41) is 12.3. The van der Waals surface area contributed by atoms with Crippen LogP contribution in [0.15, 0.2) is 47.6 Å². The Bertz CT molecular complexity index is 760. The predicted octanol–water partition coefficient (Wildman–Crippen LogP) is 2.43. The lowest BCUT2D eigenvalue weighted by molar-refractivity contribution is 0.0691. The first kappa shape index (κ1) is 15.3. The molecule has 0 saturated carbocycles. The van der Waals surface area contributed by atoms with Gasteiger partial charge in [-0.3, -0.25) is 4.79 Å². The standard InChI is InChI=1S/C15H10F2N2O3/c16-12-4-2-1-3-10(12)14(20)19-18-8-9-5-6-11(15(21)22)13(17)7-9/h1-8H,(H,19,20)(H,21,22). The van der Waals surface area contributed by atoms with Gasteiger partial charge in [0.05, 0.1) is 17.3 Å². The maximum Gasteiger partial charge on any atom is 0.338 e. The van der Waals surface area contributed by atoms with E-state index < -0.39 is 29.1 Å². The first-order valence-corrected chi connectivity index (χ1v) is 6.10. The number of hydrazone groups is 1. The van der Waals surface area contributed by atoms with Crippen molar-refractivity contribution >= 4 is 18.1 Å². The molecule has 7 heteroatoms. The molecule has 0 aliphatic carbocycles. The summed E-state index contributed by atoms with van der Waals surface area (Å²) >= 11 is 0. The summed E-state index contributed by atoms with van der Waals surface area (Å²) in [4.78, 5) is 22.3. The number of nitrogens with zero attached hydrogens (tertiary/aromatic N) is 1. The average Bonchev–Trinajstić information content (AvgIpc) is 2.47. The zero-order chi connectivity index (χ0) is 16.1. The van der Waals surface area contributed by atoms with Gasteiger partial charge in [0.2, 0.25) is 0 Å². The minimum atomic E-state index is -1.38. The molecule has 2 aromatic rings. The van der Waals surface area contributed by atoms with Gasteiger partial charge in [0, 0.05) is 0 Å². The summed E-state index contributed by atoms with van der Waals surface area (Å²) in [5.74, 6) is -3.74. The summed E-state index contributed by atoms with van der Waals surface area (Å²) < 4.78 is 26.8.